The van der Waals surface area contributed by atoms with Crippen LogP contribution >= 0.6 is 22.6 Å². The van der Waals surface area contributed by atoms with E-state index in [2.05, 4.69) is 0 Å². The summed E-state index contributed by atoms with van der Waals surface area (Å²) in [5, 5.41) is 8.44. The molecule has 1 atom stereocenters. The molecule has 0 aliphatic carbocycles. The van der Waals surface area contributed by atoms with E-state index in [1.807, 2.05) is 0 Å². The summed E-state index contributed by atoms with van der Waals surface area (Å²) in [4.78, 5) is 0. The average molecular weight is 304 g/mol. The topological polar surface area (TPSA) is 20.2 Å². The summed E-state index contributed by atoms with van der Waals surface area (Å²) in [6.07, 6.45) is -8.89. The second-order valence-corrected chi connectivity index (χ2v) is 3.19. The lowest BCUT2D eigenvalue weighted by Gasteiger charge is -2.23. The van der Waals surface area contributed by atoms with E-state index in [1.165, 1.54) is 0 Å². The molecule has 0 saturated heterocycles. The lowest BCUT2D eigenvalue weighted by molar-refractivity contribution is -0.312. The Bertz CT molecular complexity index is 145. The second kappa shape index (κ2) is 4.03. The van der Waals surface area contributed by atoms with Gasteiger partial charge in [-0.15, -0.1) is 0 Å². The highest BCUT2D eigenvalue weighted by molar-refractivity contribution is 14.1. The first-order chi connectivity index (χ1) is 5.23. The number of alkyl halides is 6. The zero-order chi connectivity index (χ0) is 9.99. The first-order valence-electron chi connectivity index (χ1n) is 2.92. The van der Waals surface area contributed by atoms with Gasteiger partial charge in [0, 0.05) is 4.43 Å². The highest BCUT2D eigenvalue weighted by Crippen LogP contribution is 2.39. The summed E-state index contributed by atoms with van der Waals surface area (Å²) in [7, 11) is 0. The molecule has 1 unspecified atom stereocenters. The molecule has 0 aromatic heterocycles. The summed E-state index contributed by atoms with van der Waals surface area (Å²) in [5.74, 6) is -5.00. The third kappa shape index (κ3) is 2.68. The Balaban J connectivity index is 4.38. The molecule has 0 aromatic rings. The largest absolute Gasteiger partial charge is 0.456 e. The van der Waals surface area contributed by atoms with E-state index < -0.39 is 24.6 Å². The van der Waals surface area contributed by atoms with Crippen molar-refractivity contribution in [2.75, 3.05) is 4.43 Å². The Hall–Kier alpha value is 0.340. The van der Waals surface area contributed by atoms with E-state index in [4.69, 9.17) is 5.11 Å². The number of halogens is 6. The minimum Gasteiger partial charge on any atom is -0.386 e. The molecule has 0 saturated carbocycles. The first-order valence-corrected chi connectivity index (χ1v) is 4.44. The van der Waals surface area contributed by atoms with Gasteiger partial charge < -0.3 is 5.11 Å². The van der Waals surface area contributed by atoms with Gasteiger partial charge in [0.2, 0.25) is 0 Å². The standard InChI is InChI=1S/C5H6F5IO/c6-4(7,5(8,9)10)3(12)1-2-11/h3,12H,1-2H2. The fourth-order valence-corrected chi connectivity index (χ4v) is 1.06. The van der Waals surface area contributed by atoms with Crippen molar-refractivity contribution >= 4 is 22.6 Å². The molecule has 0 aliphatic rings. The van der Waals surface area contributed by atoms with E-state index in [9.17, 15) is 22.0 Å². The highest BCUT2D eigenvalue weighted by Gasteiger charge is 2.61. The summed E-state index contributed by atoms with van der Waals surface area (Å²) in [6.45, 7) is 0. The van der Waals surface area contributed by atoms with Crippen LogP contribution in [-0.4, -0.2) is 27.7 Å². The molecule has 0 amide bonds. The molecular formula is C5H6F5IO. The molecule has 0 heterocycles. The molecule has 12 heavy (non-hydrogen) atoms. The Labute approximate surface area is 79.1 Å². The van der Waals surface area contributed by atoms with Gasteiger partial charge in [-0.3, -0.25) is 0 Å². The third-order valence-electron chi connectivity index (χ3n) is 1.18. The first kappa shape index (κ1) is 12.3. The lowest BCUT2D eigenvalue weighted by Crippen LogP contribution is -2.47. The zero-order valence-electron chi connectivity index (χ0n) is 5.71. The molecule has 0 spiro atoms. The van der Waals surface area contributed by atoms with Crippen molar-refractivity contribution in [2.45, 2.75) is 24.6 Å². The third-order valence-corrected chi connectivity index (χ3v) is 1.80. The van der Waals surface area contributed by atoms with E-state index >= 15 is 0 Å². The number of hydrogen-bond acceptors (Lipinski definition) is 1. The van der Waals surface area contributed by atoms with E-state index in [-0.39, 0.29) is 4.43 Å². The van der Waals surface area contributed by atoms with Crippen molar-refractivity contribution in [3.63, 3.8) is 0 Å². The van der Waals surface area contributed by atoms with Gasteiger partial charge in [-0.1, -0.05) is 22.6 Å². The molecule has 0 rings (SSSR count). The fraction of sp³-hybridized carbons (Fsp3) is 1.00. The number of rotatable bonds is 3. The second-order valence-electron chi connectivity index (χ2n) is 2.11. The summed E-state index contributed by atoms with van der Waals surface area (Å²) >= 11 is 1.61. The maximum absolute atomic E-state index is 12.1. The van der Waals surface area contributed by atoms with Gasteiger partial charge in [-0.25, -0.2) is 0 Å². The maximum atomic E-state index is 12.1. The van der Waals surface area contributed by atoms with Crippen molar-refractivity contribution in [3.05, 3.63) is 0 Å². The van der Waals surface area contributed by atoms with Gasteiger partial charge in [-0.05, 0) is 6.42 Å². The van der Waals surface area contributed by atoms with Crippen LogP contribution in [0, 0.1) is 0 Å². The minimum atomic E-state index is -5.67. The SMILES string of the molecule is OC(CCI)C(F)(F)C(F)(F)F. The highest BCUT2D eigenvalue weighted by atomic mass is 127. The predicted octanol–water partition coefficient (Wildman–Crippen LogP) is 2.37. The summed E-state index contributed by atoms with van der Waals surface area (Å²) in [6, 6.07) is 0. The van der Waals surface area contributed by atoms with Gasteiger partial charge in [0.15, 0.2) is 0 Å². The van der Waals surface area contributed by atoms with Crippen LogP contribution < -0.4 is 0 Å². The van der Waals surface area contributed by atoms with Crippen LogP contribution in [0.25, 0.3) is 0 Å². The Kier molecular flexibility index (Phi) is 4.15. The molecular weight excluding hydrogens is 298 g/mol. The minimum absolute atomic E-state index is 0.0462. The number of aliphatic hydroxyl groups excluding tert-OH is 1. The molecule has 1 nitrogen and oxygen atoms in total. The molecule has 0 fully saturated rings. The van der Waals surface area contributed by atoms with Crippen LogP contribution in [-0.2, 0) is 0 Å². The average Bonchev–Trinajstić information content (AvgIpc) is 1.85. The normalized spacial score (nSPS) is 16.2. The Morgan fingerprint density at radius 2 is 1.58 bits per heavy atom. The van der Waals surface area contributed by atoms with Crippen LogP contribution in [0.2, 0.25) is 0 Å². The predicted molar refractivity (Wildman–Crippen MR) is 40.5 cm³/mol. The van der Waals surface area contributed by atoms with Crippen molar-refractivity contribution < 1.29 is 27.1 Å². The Morgan fingerprint density at radius 3 is 1.83 bits per heavy atom. The van der Waals surface area contributed by atoms with Crippen LogP contribution in [0.5, 0.6) is 0 Å². The Morgan fingerprint density at radius 1 is 1.17 bits per heavy atom. The van der Waals surface area contributed by atoms with Crippen LogP contribution in [0.15, 0.2) is 0 Å². The summed E-state index contributed by atoms with van der Waals surface area (Å²) < 4.78 is 58.8. The number of hydrogen-bond donors (Lipinski definition) is 1. The fourth-order valence-electron chi connectivity index (χ4n) is 0.474. The molecule has 0 bridgehead atoms. The molecule has 0 aromatic carbocycles. The van der Waals surface area contributed by atoms with Gasteiger partial charge in [0.1, 0.15) is 6.10 Å². The monoisotopic (exact) mass is 304 g/mol. The lowest BCUT2D eigenvalue weighted by atomic mass is 10.1. The van der Waals surface area contributed by atoms with Crippen molar-refractivity contribution in [1.29, 1.82) is 0 Å². The molecule has 74 valence electrons. The van der Waals surface area contributed by atoms with Gasteiger partial charge in [0.05, 0.1) is 0 Å². The van der Waals surface area contributed by atoms with Gasteiger partial charge >= 0.3 is 12.1 Å². The maximum Gasteiger partial charge on any atom is 0.456 e. The number of aliphatic hydroxyl groups is 1. The van der Waals surface area contributed by atoms with Crippen LogP contribution in [0.4, 0.5) is 22.0 Å². The van der Waals surface area contributed by atoms with E-state index in [1.54, 1.807) is 22.6 Å². The summed E-state index contributed by atoms with van der Waals surface area (Å²) in [5.41, 5.74) is 0. The quantitative estimate of drug-likeness (QED) is 0.482. The van der Waals surface area contributed by atoms with Crippen LogP contribution in [0.3, 0.4) is 0 Å². The van der Waals surface area contributed by atoms with Crippen molar-refractivity contribution in [1.82, 2.24) is 0 Å². The zero-order valence-corrected chi connectivity index (χ0v) is 7.86. The van der Waals surface area contributed by atoms with E-state index in [0.717, 1.165) is 0 Å². The smallest absolute Gasteiger partial charge is 0.386 e. The molecule has 0 aliphatic heterocycles. The van der Waals surface area contributed by atoms with Gasteiger partial charge in [0.25, 0.3) is 0 Å². The van der Waals surface area contributed by atoms with Gasteiger partial charge in [-0.2, -0.15) is 22.0 Å². The molecule has 0 radical (unpaired) electrons. The van der Waals surface area contributed by atoms with Crippen molar-refractivity contribution in [3.8, 4) is 0 Å². The molecule has 7 heteroatoms. The molecule has 1 N–H and O–H groups in total. The van der Waals surface area contributed by atoms with E-state index in [0.29, 0.717) is 0 Å². The van der Waals surface area contributed by atoms with Crippen molar-refractivity contribution in [2.24, 2.45) is 0 Å². The van der Waals surface area contributed by atoms with Crippen LogP contribution in [0.1, 0.15) is 6.42 Å².